The highest BCUT2D eigenvalue weighted by Gasteiger charge is 2.28. The van der Waals surface area contributed by atoms with Gasteiger partial charge in [0.25, 0.3) is 0 Å². The lowest BCUT2D eigenvalue weighted by molar-refractivity contribution is -0.134. The van der Waals surface area contributed by atoms with Gasteiger partial charge >= 0.3 is 0 Å². The van der Waals surface area contributed by atoms with E-state index in [1.165, 1.54) is 6.92 Å². The van der Waals surface area contributed by atoms with Crippen LogP contribution in [0.5, 0.6) is 0 Å². The van der Waals surface area contributed by atoms with Gasteiger partial charge < -0.3 is 14.7 Å². The number of nitrogens with zero attached hydrogens (tertiary/aromatic N) is 4. The molecule has 2 aromatic rings. The fourth-order valence-corrected chi connectivity index (χ4v) is 3.08. The number of rotatable bonds is 4. The third-order valence-corrected chi connectivity index (χ3v) is 4.56. The van der Waals surface area contributed by atoms with Crippen molar-refractivity contribution in [2.45, 2.75) is 39.7 Å². The molecule has 2 amide bonds. The number of pyridine rings is 1. The first-order valence-electron chi connectivity index (χ1n) is 8.76. The van der Waals surface area contributed by atoms with Crippen molar-refractivity contribution in [2.24, 2.45) is 5.92 Å². The van der Waals surface area contributed by atoms with Crippen LogP contribution in [0.15, 0.2) is 22.9 Å². The fourth-order valence-electron chi connectivity index (χ4n) is 3.08. The lowest BCUT2D eigenvalue weighted by Crippen LogP contribution is -2.45. The number of hydrogen-bond acceptors (Lipinski definition) is 6. The monoisotopic (exact) mass is 357 g/mol. The molecule has 1 N–H and O–H groups in total. The van der Waals surface area contributed by atoms with Gasteiger partial charge in [-0.1, -0.05) is 5.16 Å². The van der Waals surface area contributed by atoms with Crippen LogP contribution in [0, 0.1) is 12.8 Å². The van der Waals surface area contributed by atoms with E-state index in [0.29, 0.717) is 24.8 Å². The molecule has 26 heavy (non-hydrogen) atoms. The summed E-state index contributed by atoms with van der Waals surface area (Å²) in [6.45, 7) is 6.40. The number of aromatic nitrogens is 3. The molecule has 2 atom stereocenters. The molecule has 3 rings (SSSR count). The summed E-state index contributed by atoms with van der Waals surface area (Å²) >= 11 is 0. The molecular formula is C18H23N5O3. The van der Waals surface area contributed by atoms with Crippen molar-refractivity contribution in [1.29, 1.82) is 0 Å². The van der Waals surface area contributed by atoms with Crippen molar-refractivity contribution in [1.82, 2.24) is 25.3 Å². The molecule has 0 aromatic carbocycles. The summed E-state index contributed by atoms with van der Waals surface area (Å²) in [7, 11) is 0. The zero-order valence-electron chi connectivity index (χ0n) is 15.2. The summed E-state index contributed by atoms with van der Waals surface area (Å²) < 4.78 is 5.31. The van der Waals surface area contributed by atoms with Crippen LogP contribution >= 0.6 is 0 Å². The molecule has 0 saturated carbocycles. The number of hydrogen-bond donors (Lipinski definition) is 1. The molecule has 0 bridgehead atoms. The lowest BCUT2D eigenvalue weighted by atomic mass is 9.97. The van der Waals surface area contributed by atoms with Gasteiger partial charge in [0.15, 0.2) is 0 Å². The van der Waals surface area contributed by atoms with Gasteiger partial charge in [-0.2, -0.15) is 4.98 Å². The normalized spacial score (nSPS) is 18.4. The number of nitrogens with one attached hydrogen (secondary N) is 1. The van der Waals surface area contributed by atoms with Gasteiger partial charge in [0.1, 0.15) is 6.04 Å². The van der Waals surface area contributed by atoms with Gasteiger partial charge in [-0.25, -0.2) is 0 Å². The van der Waals surface area contributed by atoms with E-state index in [-0.39, 0.29) is 17.7 Å². The molecule has 3 heterocycles. The van der Waals surface area contributed by atoms with Crippen molar-refractivity contribution < 1.29 is 14.1 Å². The largest absolute Gasteiger partial charge is 0.344 e. The Labute approximate surface area is 152 Å². The zero-order valence-corrected chi connectivity index (χ0v) is 15.2. The fraction of sp³-hybridized carbons (Fsp3) is 0.500. The standard InChI is InChI=1S/C18H23N5O3/c1-11-9-14(6-7-19-11)16-21-18(26-22-16)12(2)20-17(25)15-5-4-8-23(10-15)13(3)24/h6-7,9,12,15H,4-5,8,10H2,1-3H3,(H,20,25)/t12-,15?/m0/s1. The van der Waals surface area contributed by atoms with Crippen LogP contribution < -0.4 is 5.32 Å². The molecule has 1 aliphatic heterocycles. The summed E-state index contributed by atoms with van der Waals surface area (Å²) in [6.07, 6.45) is 3.29. The van der Waals surface area contributed by atoms with Gasteiger partial charge in [0.2, 0.25) is 23.5 Å². The average molecular weight is 357 g/mol. The minimum Gasteiger partial charge on any atom is -0.344 e. The second-order valence-corrected chi connectivity index (χ2v) is 6.68. The zero-order chi connectivity index (χ0) is 18.7. The SMILES string of the molecule is CC(=O)N1CCCC(C(=O)N[C@@H](C)c2nc(-c3ccnc(C)c3)no2)C1. The highest BCUT2D eigenvalue weighted by atomic mass is 16.5. The van der Waals surface area contributed by atoms with Crippen LogP contribution in [0.4, 0.5) is 0 Å². The second-order valence-electron chi connectivity index (χ2n) is 6.68. The average Bonchev–Trinajstić information content (AvgIpc) is 3.12. The number of carbonyl (C=O) groups is 2. The van der Waals surface area contributed by atoms with Gasteiger partial charge in [-0.3, -0.25) is 14.6 Å². The van der Waals surface area contributed by atoms with Crippen LogP contribution in [0.2, 0.25) is 0 Å². The third-order valence-electron chi connectivity index (χ3n) is 4.56. The Hall–Kier alpha value is -2.77. The topological polar surface area (TPSA) is 101 Å². The summed E-state index contributed by atoms with van der Waals surface area (Å²) in [5.41, 5.74) is 1.68. The first-order valence-corrected chi connectivity index (χ1v) is 8.76. The van der Waals surface area contributed by atoms with Gasteiger partial charge in [-0.05, 0) is 38.8 Å². The van der Waals surface area contributed by atoms with E-state index in [4.69, 9.17) is 4.52 Å². The molecular weight excluding hydrogens is 334 g/mol. The van der Waals surface area contributed by atoms with Gasteiger partial charge in [-0.15, -0.1) is 0 Å². The van der Waals surface area contributed by atoms with Crippen molar-refractivity contribution in [3.63, 3.8) is 0 Å². The molecule has 138 valence electrons. The van der Waals surface area contributed by atoms with E-state index < -0.39 is 6.04 Å². The van der Waals surface area contributed by atoms with Crippen LogP contribution in [-0.4, -0.2) is 44.9 Å². The Morgan fingerprint density at radius 3 is 2.96 bits per heavy atom. The van der Waals surface area contributed by atoms with E-state index in [0.717, 1.165) is 24.1 Å². The molecule has 0 aliphatic carbocycles. The number of aryl methyl sites for hydroxylation is 1. The smallest absolute Gasteiger partial charge is 0.249 e. The van der Waals surface area contributed by atoms with E-state index in [1.54, 1.807) is 18.0 Å². The van der Waals surface area contributed by atoms with Crippen LogP contribution in [0.1, 0.15) is 44.3 Å². The molecule has 2 aromatic heterocycles. The summed E-state index contributed by atoms with van der Waals surface area (Å²) in [6, 6.07) is 3.28. The second kappa shape index (κ2) is 7.63. The molecule has 0 spiro atoms. The third kappa shape index (κ3) is 4.07. The maximum atomic E-state index is 12.5. The summed E-state index contributed by atoms with van der Waals surface area (Å²) in [5.74, 6) is 0.516. The number of piperidine rings is 1. The highest BCUT2D eigenvalue weighted by molar-refractivity contribution is 5.81. The maximum Gasteiger partial charge on any atom is 0.249 e. The highest BCUT2D eigenvalue weighted by Crippen LogP contribution is 2.21. The van der Waals surface area contributed by atoms with Crippen molar-refractivity contribution in [3.05, 3.63) is 29.9 Å². The first kappa shape index (κ1) is 18.0. The molecule has 0 radical (unpaired) electrons. The molecule has 8 heteroatoms. The Balaban J connectivity index is 1.64. The van der Waals surface area contributed by atoms with Crippen molar-refractivity contribution in [3.8, 4) is 11.4 Å². The van der Waals surface area contributed by atoms with Crippen molar-refractivity contribution >= 4 is 11.8 Å². The van der Waals surface area contributed by atoms with E-state index in [1.807, 2.05) is 19.1 Å². The maximum absolute atomic E-state index is 12.5. The quantitative estimate of drug-likeness (QED) is 0.896. The number of carbonyl (C=O) groups excluding carboxylic acids is 2. The molecule has 1 aliphatic rings. The predicted molar refractivity (Wildman–Crippen MR) is 93.8 cm³/mol. The van der Waals surface area contributed by atoms with E-state index in [9.17, 15) is 9.59 Å². The molecule has 8 nitrogen and oxygen atoms in total. The van der Waals surface area contributed by atoms with E-state index >= 15 is 0 Å². The van der Waals surface area contributed by atoms with Crippen molar-refractivity contribution in [2.75, 3.05) is 13.1 Å². The predicted octanol–water partition coefficient (Wildman–Crippen LogP) is 1.88. The Bertz CT molecular complexity index is 804. The Kier molecular flexibility index (Phi) is 5.29. The molecule has 1 unspecified atom stereocenters. The minimum atomic E-state index is -0.403. The summed E-state index contributed by atoms with van der Waals surface area (Å²) in [4.78, 5) is 34.3. The number of likely N-dealkylation sites (tertiary alicyclic amines) is 1. The Morgan fingerprint density at radius 1 is 1.42 bits per heavy atom. The minimum absolute atomic E-state index is 0.00439. The molecule has 1 fully saturated rings. The first-order chi connectivity index (χ1) is 12.4. The van der Waals surface area contributed by atoms with Gasteiger partial charge in [0.05, 0.1) is 5.92 Å². The summed E-state index contributed by atoms with van der Waals surface area (Å²) in [5, 5.41) is 6.90. The molecule has 1 saturated heterocycles. The van der Waals surface area contributed by atoms with Crippen LogP contribution in [0.3, 0.4) is 0 Å². The van der Waals surface area contributed by atoms with E-state index in [2.05, 4.69) is 20.4 Å². The van der Waals surface area contributed by atoms with Crippen LogP contribution in [0.25, 0.3) is 11.4 Å². The van der Waals surface area contributed by atoms with Crippen LogP contribution in [-0.2, 0) is 9.59 Å². The Morgan fingerprint density at radius 2 is 2.23 bits per heavy atom. The lowest BCUT2D eigenvalue weighted by Gasteiger charge is -2.31. The number of amides is 2. The van der Waals surface area contributed by atoms with Gasteiger partial charge in [0, 0.05) is 37.5 Å².